The molecule has 16 heavy (non-hydrogen) atoms. The maximum atomic E-state index is 11.3. The Hall–Kier alpha value is -0.650. The number of carbonyl (C=O) groups excluding carboxylic acids is 1. The van der Waals surface area contributed by atoms with Crippen LogP contribution in [-0.4, -0.2) is 52.6 Å². The van der Waals surface area contributed by atoms with Crippen molar-refractivity contribution in [2.45, 2.75) is 25.8 Å². The monoisotopic (exact) mass is 233 g/mol. The van der Waals surface area contributed by atoms with E-state index < -0.39 is 0 Å². The van der Waals surface area contributed by atoms with E-state index in [0.717, 1.165) is 19.4 Å². The van der Waals surface area contributed by atoms with E-state index in [4.69, 9.17) is 9.47 Å². The van der Waals surface area contributed by atoms with Gasteiger partial charge in [0.05, 0.1) is 13.7 Å². The summed E-state index contributed by atoms with van der Waals surface area (Å²) in [5, 5.41) is 3.08. The predicted molar refractivity (Wildman–Crippen MR) is 61.4 cm³/mol. The first-order valence-electron chi connectivity index (χ1n) is 5.64. The maximum Gasteiger partial charge on any atom is 0.325 e. The highest BCUT2D eigenvalue weighted by Crippen LogP contribution is 1.92. The number of hydrogen-bond donors (Lipinski definition) is 1. The molecule has 0 aliphatic heterocycles. The van der Waals surface area contributed by atoms with Crippen LogP contribution >= 0.6 is 0 Å². The van der Waals surface area contributed by atoms with Gasteiger partial charge in [-0.3, -0.25) is 4.79 Å². The van der Waals surface area contributed by atoms with Crippen LogP contribution in [0.5, 0.6) is 0 Å². The molecule has 0 aromatic carbocycles. The molecule has 0 fully saturated rings. The number of rotatable bonds is 10. The fourth-order valence-corrected chi connectivity index (χ4v) is 1.18. The second kappa shape index (κ2) is 10.9. The van der Waals surface area contributed by atoms with Gasteiger partial charge in [-0.1, -0.05) is 6.92 Å². The van der Waals surface area contributed by atoms with Gasteiger partial charge in [0.25, 0.3) is 0 Å². The van der Waals surface area contributed by atoms with Gasteiger partial charge in [0.2, 0.25) is 0 Å². The van der Waals surface area contributed by atoms with Crippen molar-refractivity contribution >= 4 is 5.97 Å². The average Bonchev–Trinajstić information content (AvgIpc) is 2.31. The molecule has 1 N–H and O–H groups in total. The summed E-state index contributed by atoms with van der Waals surface area (Å²) in [5.74, 6) is -0.278. The molecule has 5 nitrogen and oxygen atoms in total. The van der Waals surface area contributed by atoms with E-state index in [2.05, 4.69) is 10.1 Å². The highest BCUT2D eigenvalue weighted by atomic mass is 16.5. The lowest BCUT2D eigenvalue weighted by Crippen LogP contribution is -2.41. The third kappa shape index (κ3) is 7.62. The van der Waals surface area contributed by atoms with Crippen molar-refractivity contribution in [2.75, 3.05) is 40.6 Å². The normalized spacial score (nSPS) is 12.4. The molecule has 0 rings (SSSR count). The number of hydrogen-bond acceptors (Lipinski definition) is 5. The number of nitrogens with one attached hydrogen (secondary N) is 1. The molecule has 0 aromatic heterocycles. The van der Waals surface area contributed by atoms with Gasteiger partial charge < -0.3 is 19.5 Å². The van der Waals surface area contributed by atoms with Crippen molar-refractivity contribution in [3.63, 3.8) is 0 Å². The second-order valence-electron chi connectivity index (χ2n) is 3.45. The van der Waals surface area contributed by atoms with Crippen LogP contribution in [0.25, 0.3) is 0 Å². The molecule has 1 atom stereocenters. The van der Waals surface area contributed by atoms with E-state index in [9.17, 15) is 4.79 Å². The average molecular weight is 233 g/mol. The first kappa shape index (κ1) is 15.3. The van der Waals surface area contributed by atoms with Crippen LogP contribution in [0.1, 0.15) is 19.8 Å². The van der Waals surface area contributed by atoms with E-state index in [1.807, 2.05) is 6.92 Å². The van der Waals surface area contributed by atoms with E-state index in [1.165, 1.54) is 7.11 Å². The summed E-state index contributed by atoms with van der Waals surface area (Å²) in [6.45, 7) is 4.43. The Bertz CT molecular complexity index is 175. The highest BCUT2D eigenvalue weighted by molar-refractivity contribution is 5.75. The molecule has 0 heterocycles. The summed E-state index contributed by atoms with van der Waals surface area (Å²) in [6, 6.07) is -0.368. The molecule has 0 aromatic rings. The zero-order chi connectivity index (χ0) is 12.2. The van der Waals surface area contributed by atoms with E-state index in [-0.39, 0.29) is 12.0 Å². The minimum atomic E-state index is -0.368. The van der Waals surface area contributed by atoms with Crippen molar-refractivity contribution in [3.05, 3.63) is 0 Å². The lowest BCUT2D eigenvalue weighted by molar-refractivity contribution is -0.144. The summed E-state index contributed by atoms with van der Waals surface area (Å²) in [5.41, 5.74) is 0. The first-order valence-corrected chi connectivity index (χ1v) is 5.64. The van der Waals surface area contributed by atoms with Gasteiger partial charge in [-0.05, 0) is 19.4 Å². The Morgan fingerprint density at radius 1 is 1.31 bits per heavy atom. The van der Waals surface area contributed by atoms with Crippen molar-refractivity contribution in [2.24, 2.45) is 0 Å². The zero-order valence-corrected chi connectivity index (χ0v) is 10.5. The van der Waals surface area contributed by atoms with Gasteiger partial charge in [0.15, 0.2) is 0 Å². The fraction of sp³-hybridized carbons (Fsp3) is 0.909. The van der Waals surface area contributed by atoms with Crippen LogP contribution in [-0.2, 0) is 19.0 Å². The van der Waals surface area contributed by atoms with Crippen molar-refractivity contribution in [1.29, 1.82) is 0 Å². The van der Waals surface area contributed by atoms with Crippen molar-refractivity contribution in [3.8, 4) is 0 Å². The van der Waals surface area contributed by atoms with Gasteiger partial charge in [0, 0.05) is 20.3 Å². The fourth-order valence-electron chi connectivity index (χ4n) is 1.18. The molecule has 96 valence electrons. The van der Waals surface area contributed by atoms with Crippen molar-refractivity contribution in [1.82, 2.24) is 5.32 Å². The van der Waals surface area contributed by atoms with Gasteiger partial charge in [-0.2, -0.15) is 0 Å². The predicted octanol–water partition coefficient (Wildman–Crippen LogP) is 0.581. The van der Waals surface area contributed by atoms with Crippen LogP contribution in [0.4, 0.5) is 0 Å². The summed E-state index contributed by atoms with van der Waals surface area (Å²) < 4.78 is 15.0. The van der Waals surface area contributed by atoms with Gasteiger partial charge in [0.1, 0.15) is 6.04 Å². The standard InChI is InChI=1S/C11H23NO4/c1-4-6-12-10(11(13)15-3)9-16-8-5-7-14-2/h10,12H,4-9H2,1-3H3. The van der Waals surface area contributed by atoms with Gasteiger partial charge >= 0.3 is 5.97 Å². The van der Waals surface area contributed by atoms with Crippen LogP contribution in [0.3, 0.4) is 0 Å². The van der Waals surface area contributed by atoms with E-state index in [1.54, 1.807) is 7.11 Å². The summed E-state index contributed by atoms with van der Waals surface area (Å²) in [6.07, 6.45) is 1.80. The van der Waals surface area contributed by atoms with Crippen molar-refractivity contribution < 1.29 is 19.0 Å². The number of carbonyl (C=O) groups is 1. The Labute approximate surface area is 97.4 Å². The maximum absolute atomic E-state index is 11.3. The Balaban J connectivity index is 3.69. The molecule has 0 amide bonds. The molecule has 1 unspecified atom stereocenters. The van der Waals surface area contributed by atoms with Crippen LogP contribution in [0.2, 0.25) is 0 Å². The van der Waals surface area contributed by atoms with Crippen LogP contribution < -0.4 is 5.32 Å². The lowest BCUT2D eigenvalue weighted by Gasteiger charge is -2.16. The molecule has 5 heteroatoms. The summed E-state index contributed by atoms with van der Waals surface area (Å²) >= 11 is 0. The highest BCUT2D eigenvalue weighted by Gasteiger charge is 2.17. The number of methoxy groups -OCH3 is 2. The Morgan fingerprint density at radius 2 is 2.06 bits per heavy atom. The molecule has 0 bridgehead atoms. The molecular weight excluding hydrogens is 210 g/mol. The molecular formula is C11H23NO4. The minimum Gasteiger partial charge on any atom is -0.468 e. The third-order valence-corrected chi connectivity index (χ3v) is 2.05. The Morgan fingerprint density at radius 3 is 2.62 bits per heavy atom. The SMILES string of the molecule is CCCNC(COCCCOC)C(=O)OC. The van der Waals surface area contributed by atoms with Gasteiger partial charge in [-0.15, -0.1) is 0 Å². The molecule has 0 spiro atoms. The molecule has 0 aliphatic rings. The van der Waals surface area contributed by atoms with Gasteiger partial charge in [-0.25, -0.2) is 0 Å². The minimum absolute atomic E-state index is 0.278. The number of esters is 1. The van der Waals surface area contributed by atoms with E-state index in [0.29, 0.717) is 19.8 Å². The topological polar surface area (TPSA) is 56.8 Å². The first-order chi connectivity index (χ1) is 7.76. The quantitative estimate of drug-likeness (QED) is 0.442. The summed E-state index contributed by atoms with van der Waals surface area (Å²) in [4.78, 5) is 11.3. The Kier molecular flexibility index (Phi) is 10.4. The lowest BCUT2D eigenvalue weighted by atomic mass is 10.3. The second-order valence-corrected chi connectivity index (χ2v) is 3.45. The molecule has 0 radical (unpaired) electrons. The van der Waals surface area contributed by atoms with E-state index >= 15 is 0 Å². The summed E-state index contributed by atoms with van der Waals surface area (Å²) in [7, 11) is 3.04. The van der Waals surface area contributed by atoms with Crippen LogP contribution in [0, 0.1) is 0 Å². The molecule has 0 saturated heterocycles. The number of ether oxygens (including phenoxy) is 3. The molecule has 0 aliphatic carbocycles. The molecule has 0 saturated carbocycles. The largest absolute Gasteiger partial charge is 0.468 e. The third-order valence-electron chi connectivity index (χ3n) is 2.05. The zero-order valence-electron chi connectivity index (χ0n) is 10.5. The van der Waals surface area contributed by atoms with Crippen LogP contribution in [0.15, 0.2) is 0 Å². The smallest absolute Gasteiger partial charge is 0.325 e.